The molecule has 1 atom stereocenters. The fourth-order valence-electron chi connectivity index (χ4n) is 3.22. The van der Waals surface area contributed by atoms with E-state index in [0.29, 0.717) is 22.9 Å². The van der Waals surface area contributed by atoms with Gasteiger partial charge in [0.1, 0.15) is 0 Å². The van der Waals surface area contributed by atoms with Gasteiger partial charge in [-0.1, -0.05) is 18.2 Å². The number of hydrogen-bond donors (Lipinski definition) is 1. The van der Waals surface area contributed by atoms with Crippen LogP contribution in [0.5, 0.6) is 0 Å². The van der Waals surface area contributed by atoms with Crippen LogP contribution in [0.3, 0.4) is 0 Å². The molecule has 0 amide bonds. The fraction of sp³-hybridized carbons (Fsp3) is 0.294. The van der Waals surface area contributed by atoms with E-state index in [2.05, 4.69) is 9.97 Å². The lowest BCUT2D eigenvalue weighted by Gasteiger charge is -2.19. The molecule has 4 rings (SSSR count). The van der Waals surface area contributed by atoms with E-state index >= 15 is 0 Å². The summed E-state index contributed by atoms with van der Waals surface area (Å²) in [7, 11) is 0. The van der Waals surface area contributed by atoms with Crippen molar-refractivity contribution < 1.29 is 8.91 Å². The normalized spacial score (nSPS) is 19.6. The van der Waals surface area contributed by atoms with Crippen LogP contribution in [-0.4, -0.2) is 20.3 Å². The molecular formula is C17H18ClN3O. The van der Waals surface area contributed by atoms with Gasteiger partial charge >= 0.3 is 0 Å². The maximum atomic E-state index is 13.1. The number of nitrogens with zero attached hydrogens (tertiary/aromatic N) is 2. The standard InChI is InChI=1S/C17H17N3O.ClH/c1-20-9-13(12-4-2-3-5-16(12)20)17(21)11-6-7-14-15(8-11)19-10-18-14;/h2-5,9-11H,6-8H2,1H3,(H,18,19);1H/i1D3;. The number of aromatic nitrogens is 3. The summed E-state index contributed by atoms with van der Waals surface area (Å²) in [5, 5.41) is 0.703. The Hall–Kier alpha value is -2.07. The summed E-state index contributed by atoms with van der Waals surface area (Å²) in [4.78, 5) is 20.4. The minimum atomic E-state index is -2.30. The second kappa shape index (κ2) is 5.61. The second-order valence-corrected chi connectivity index (χ2v) is 5.56. The number of H-pyrrole nitrogens is 1. The summed E-state index contributed by atoms with van der Waals surface area (Å²) in [6.07, 6.45) is 5.29. The number of rotatable bonds is 2. The smallest absolute Gasteiger partial charge is 0.168 e. The number of imidazole rings is 1. The molecule has 0 spiro atoms. The van der Waals surface area contributed by atoms with Crippen LogP contribution in [0.2, 0.25) is 0 Å². The van der Waals surface area contributed by atoms with Gasteiger partial charge < -0.3 is 9.55 Å². The number of Topliss-reactive ketones (excluding diaryl/α,β-unsaturated/α-hetero) is 1. The molecule has 0 fully saturated rings. The zero-order valence-corrected chi connectivity index (χ0v) is 12.7. The van der Waals surface area contributed by atoms with Gasteiger partial charge in [0.2, 0.25) is 0 Å². The number of fused-ring (bicyclic) bond motifs is 2. The highest BCUT2D eigenvalue weighted by molar-refractivity contribution is 6.09. The number of halogens is 1. The molecule has 0 saturated carbocycles. The second-order valence-electron chi connectivity index (χ2n) is 5.56. The van der Waals surface area contributed by atoms with Crippen molar-refractivity contribution in [3.05, 3.63) is 53.7 Å². The molecule has 114 valence electrons. The topological polar surface area (TPSA) is 50.7 Å². The summed E-state index contributed by atoms with van der Waals surface area (Å²) in [5.74, 6) is -0.136. The molecule has 0 saturated heterocycles. The Morgan fingerprint density at radius 1 is 1.45 bits per heavy atom. The highest BCUT2D eigenvalue weighted by Gasteiger charge is 2.28. The predicted molar refractivity (Wildman–Crippen MR) is 88.6 cm³/mol. The highest BCUT2D eigenvalue weighted by Crippen LogP contribution is 2.29. The van der Waals surface area contributed by atoms with Crippen LogP contribution >= 0.6 is 12.4 Å². The third kappa shape index (κ3) is 2.24. The summed E-state index contributed by atoms with van der Waals surface area (Å²) >= 11 is 0. The predicted octanol–water partition coefficient (Wildman–Crippen LogP) is 3.31. The van der Waals surface area contributed by atoms with Gasteiger partial charge in [-0.25, -0.2) is 4.98 Å². The van der Waals surface area contributed by atoms with E-state index in [0.717, 1.165) is 24.2 Å². The lowest BCUT2D eigenvalue weighted by molar-refractivity contribution is 0.0909. The molecule has 5 heteroatoms. The Morgan fingerprint density at radius 3 is 3.18 bits per heavy atom. The van der Waals surface area contributed by atoms with Gasteiger partial charge in [-0.05, 0) is 25.3 Å². The SMILES string of the molecule is Cl.[2H]C([2H])([2H])n1cc(C(=O)C2CCc3nc[nH]c3C2)c2ccccc21. The van der Waals surface area contributed by atoms with E-state index in [-0.39, 0.29) is 24.1 Å². The molecule has 22 heavy (non-hydrogen) atoms. The number of carbonyl (C=O) groups excluding carboxylic acids is 1. The molecule has 1 aliphatic rings. The van der Waals surface area contributed by atoms with Crippen LogP contribution in [0, 0.1) is 5.92 Å². The first-order chi connectivity index (χ1) is 11.4. The van der Waals surface area contributed by atoms with Crippen molar-refractivity contribution in [2.75, 3.05) is 0 Å². The third-order valence-corrected chi connectivity index (χ3v) is 4.34. The molecule has 0 radical (unpaired) electrons. The van der Waals surface area contributed by atoms with Crippen LogP contribution in [0.25, 0.3) is 10.9 Å². The van der Waals surface area contributed by atoms with E-state index in [1.165, 1.54) is 10.8 Å². The van der Waals surface area contributed by atoms with Gasteiger partial charge in [-0.15, -0.1) is 12.4 Å². The Balaban J connectivity index is 0.00000182. The Kier molecular flexibility index (Phi) is 2.93. The minimum Gasteiger partial charge on any atom is -0.350 e. The van der Waals surface area contributed by atoms with Gasteiger partial charge in [0.15, 0.2) is 5.78 Å². The van der Waals surface area contributed by atoms with Gasteiger partial charge in [0.05, 0.1) is 12.0 Å². The maximum Gasteiger partial charge on any atom is 0.168 e. The lowest BCUT2D eigenvalue weighted by atomic mass is 9.84. The summed E-state index contributed by atoms with van der Waals surface area (Å²) in [5.41, 5.74) is 3.11. The first-order valence-electron chi connectivity index (χ1n) is 8.61. The zero-order chi connectivity index (χ0) is 16.9. The van der Waals surface area contributed by atoms with Crippen molar-refractivity contribution in [1.29, 1.82) is 0 Å². The van der Waals surface area contributed by atoms with E-state index in [1.54, 1.807) is 18.5 Å². The largest absolute Gasteiger partial charge is 0.350 e. The molecular weight excluding hydrogens is 298 g/mol. The van der Waals surface area contributed by atoms with Crippen LogP contribution in [0.15, 0.2) is 36.8 Å². The number of nitrogens with one attached hydrogen (secondary N) is 1. The van der Waals surface area contributed by atoms with Crippen molar-refractivity contribution in [3.8, 4) is 0 Å². The average Bonchev–Trinajstić information content (AvgIpc) is 3.17. The van der Waals surface area contributed by atoms with Gasteiger partial charge in [-0.2, -0.15) is 0 Å². The highest BCUT2D eigenvalue weighted by atomic mass is 35.5. The summed E-state index contributed by atoms with van der Waals surface area (Å²) in [6.45, 7) is -2.30. The Bertz CT molecular complexity index is 929. The third-order valence-electron chi connectivity index (χ3n) is 4.34. The Morgan fingerprint density at radius 2 is 2.32 bits per heavy atom. The number of benzene rings is 1. The van der Waals surface area contributed by atoms with Crippen LogP contribution < -0.4 is 0 Å². The minimum absolute atomic E-state index is 0. The first-order valence-corrected chi connectivity index (χ1v) is 7.11. The van der Waals surface area contributed by atoms with E-state index in [1.807, 2.05) is 12.1 Å². The quantitative estimate of drug-likeness (QED) is 0.737. The van der Waals surface area contributed by atoms with Crippen LogP contribution in [0.4, 0.5) is 0 Å². The van der Waals surface area contributed by atoms with Crippen LogP contribution in [-0.2, 0) is 19.8 Å². The van der Waals surface area contributed by atoms with E-state index < -0.39 is 6.98 Å². The average molecular weight is 319 g/mol. The van der Waals surface area contributed by atoms with Crippen molar-refractivity contribution in [2.45, 2.75) is 19.3 Å². The molecule has 0 bridgehead atoms. The summed E-state index contributed by atoms with van der Waals surface area (Å²) in [6, 6.07) is 7.18. The monoisotopic (exact) mass is 318 g/mol. The number of carbonyl (C=O) groups is 1. The molecule has 4 nitrogen and oxygen atoms in total. The molecule has 1 unspecified atom stereocenters. The molecule has 1 aliphatic carbocycles. The van der Waals surface area contributed by atoms with Crippen molar-refractivity contribution in [1.82, 2.24) is 14.5 Å². The fourth-order valence-corrected chi connectivity index (χ4v) is 3.22. The number of para-hydroxylation sites is 1. The molecule has 2 heterocycles. The number of hydrogen-bond acceptors (Lipinski definition) is 2. The van der Waals surface area contributed by atoms with Crippen molar-refractivity contribution in [3.63, 3.8) is 0 Å². The van der Waals surface area contributed by atoms with Crippen molar-refractivity contribution >= 4 is 29.1 Å². The Labute approximate surface area is 139 Å². The first kappa shape index (κ1) is 11.5. The molecule has 3 aromatic rings. The van der Waals surface area contributed by atoms with Gasteiger partial charge in [-0.3, -0.25) is 4.79 Å². The number of aryl methyl sites for hydroxylation is 2. The molecule has 0 aliphatic heterocycles. The number of aromatic amines is 1. The summed E-state index contributed by atoms with van der Waals surface area (Å²) < 4.78 is 24.3. The van der Waals surface area contributed by atoms with Gasteiger partial charge in [0, 0.05) is 45.4 Å². The molecule has 2 aromatic heterocycles. The lowest BCUT2D eigenvalue weighted by Crippen LogP contribution is -2.22. The van der Waals surface area contributed by atoms with E-state index in [4.69, 9.17) is 4.11 Å². The zero-order valence-electron chi connectivity index (χ0n) is 14.9. The van der Waals surface area contributed by atoms with Crippen LogP contribution in [0.1, 0.15) is 32.3 Å². The van der Waals surface area contributed by atoms with E-state index in [9.17, 15) is 4.79 Å². The maximum absolute atomic E-state index is 13.1. The molecule has 1 aromatic carbocycles. The number of ketones is 1. The molecule has 1 N–H and O–H groups in total. The van der Waals surface area contributed by atoms with Gasteiger partial charge in [0.25, 0.3) is 0 Å². The van der Waals surface area contributed by atoms with Crippen molar-refractivity contribution in [2.24, 2.45) is 12.9 Å².